The summed E-state index contributed by atoms with van der Waals surface area (Å²) in [6.45, 7) is 0.705. The SMILES string of the molecule is O=[N+]([O-])c1ccc(S(=O)(=O)N2CCC(c3nnc(C4CC4)o3)CC2)cc1. The van der Waals surface area contributed by atoms with Crippen LogP contribution >= 0.6 is 0 Å². The number of benzene rings is 1. The monoisotopic (exact) mass is 378 g/mol. The lowest BCUT2D eigenvalue weighted by Crippen LogP contribution is -2.37. The van der Waals surface area contributed by atoms with Crippen molar-refractivity contribution in [3.05, 3.63) is 46.2 Å². The van der Waals surface area contributed by atoms with E-state index in [2.05, 4.69) is 10.2 Å². The first-order valence-electron chi connectivity index (χ1n) is 8.53. The van der Waals surface area contributed by atoms with Gasteiger partial charge in [-0.1, -0.05) is 0 Å². The fourth-order valence-electron chi connectivity index (χ4n) is 3.14. The van der Waals surface area contributed by atoms with Crippen LogP contribution in [0.25, 0.3) is 0 Å². The Hall–Kier alpha value is -2.33. The van der Waals surface area contributed by atoms with Gasteiger partial charge in [0.1, 0.15) is 0 Å². The van der Waals surface area contributed by atoms with Crippen molar-refractivity contribution in [3.63, 3.8) is 0 Å². The minimum atomic E-state index is -3.66. The van der Waals surface area contributed by atoms with Crippen LogP contribution in [0.15, 0.2) is 33.6 Å². The van der Waals surface area contributed by atoms with E-state index in [1.165, 1.54) is 28.6 Å². The molecule has 0 atom stereocenters. The number of rotatable bonds is 5. The molecule has 0 spiro atoms. The number of aromatic nitrogens is 2. The molecule has 2 heterocycles. The van der Waals surface area contributed by atoms with Gasteiger partial charge in [0.2, 0.25) is 21.8 Å². The van der Waals surface area contributed by atoms with E-state index in [9.17, 15) is 18.5 Å². The fraction of sp³-hybridized carbons (Fsp3) is 0.500. The number of piperidine rings is 1. The van der Waals surface area contributed by atoms with Gasteiger partial charge in [0.15, 0.2) is 0 Å². The Morgan fingerprint density at radius 3 is 2.04 bits per heavy atom. The van der Waals surface area contributed by atoms with Gasteiger partial charge < -0.3 is 4.42 Å². The predicted molar refractivity (Wildman–Crippen MR) is 90.1 cm³/mol. The van der Waals surface area contributed by atoms with Crippen molar-refractivity contribution in [2.24, 2.45) is 0 Å². The van der Waals surface area contributed by atoms with Crippen molar-refractivity contribution in [2.45, 2.75) is 42.4 Å². The molecule has 0 unspecified atom stereocenters. The lowest BCUT2D eigenvalue weighted by molar-refractivity contribution is -0.384. The van der Waals surface area contributed by atoms with E-state index >= 15 is 0 Å². The molecule has 2 aliphatic rings. The summed E-state index contributed by atoms with van der Waals surface area (Å²) in [5, 5.41) is 18.9. The minimum absolute atomic E-state index is 0.0651. The van der Waals surface area contributed by atoms with Gasteiger partial charge in [-0.05, 0) is 37.8 Å². The molecule has 4 rings (SSSR count). The van der Waals surface area contributed by atoms with E-state index < -0.39 is 14.9 Å². The van der Waals surface area contributed by atoms with Crippen molar-refractivity contribution in [1.82, 2.24) is 14.5 Å². The lowest BCUT2D eigenvalue weighted by atomic mass is 9.98. The number of nitrogens with zero attached hydrogens (tertiary/aromatic N) is 4. The highest BCUT2D eigenvalue weighted by atomic mass is 32.2. The van der Waals surface area contributed by atoms with Gasteiger partial charge in [-0.15, -0.1) is 10.2 Å². The standard InChI is InChI=1S/C16H18N4O5S/c21-20(22)13-3-5-14(6-4-13)26(23,24)19-9-7-12(8-10-19)16-18-17-15(25-16)11-1-2-11/h3-6,11-12H,1-2,7-10H2. The molecule has 138 valence electrons. The molecule has 9 nitrogen and oxygen atoms in total. The number of sulfonamides is 1. The summed E-state index contributed by atoms with van der Waals surface area (Å²) < 4.78 is 32.6. The number of hydrogen-bond acceptors (Lipinski definition) is 7. The van der Waals surface area contributed by atoms with Crippen LogP contribution in [0, 0.1) is 10.1 Å². The van der Waals surface area contributed by atoms with E-state index in [4.69, 9.17) is 4.42 Å². The molecule has 1 saturated carbocycles. The van der Waals surface area contributed by atoms with Crippen LogP contribution in [0.2, 0.25) is 0 Å². The van der Waals surface area contributed by atoms with Crippen LogP contribution in [-0.2, 0) is 10.0 Å². The topological polar surface area (TPSA) is 119 Å². The molecule has 0 bridgehead atoms. The van der Waals surface area contributed by atoms with E-state index in [-0.39, 0.29) is 16.5 Å². The molecule has 26 heavy (non-hydrogen) atoms. The van der Waals surface area contributed by atoms with Gasteiger partial charge in [-0.2, -0.15) is 4.31 Å². The predicted octanol–water partition coefficient (Wildman–Crippen LogP) is 2.42. The highest BCUT2D eigenvalue weighted by Crippen LogP contribution is 2.40. The summed E-state index contributed by atoms with van der Waals surface area (Å²) >= 11 is 0. The Morgan fingerprint density at radius 1 is 1.00 bits per heavy atom. The van der Waals surface area contributed by atoms with E-state index in [0.29, 0.717) is 43.6 Å². The van der Waals surface area contributed by atoms with Gasteiger partial charge in [-0.25, -0.2) is 8.42 Å². The molecule has 1 saturated heterocycles. The molecule has 2 aromatic rings. The van der Waals surface area contributed by atoms with E-state index in [1.807, 2.05) is 0 Å². The molecule has 10 heteroatoms. The van der Waals surface area contributed by atoms with Gasteiger partial charge in [0.05, 0.1) is 9.82 Å². The number of non-ortho nitro benzene ring substituents is 1. The van der Waals surface area contributed by atoms with Crippen LogP contribution in [0.3, 0.4) is 0 Å². The third-order valence-corrected chi connectivity index (χ3v) is 6.78. The average Bonchev–Trinajstić information content (AvgIpc) is 3.39. The van der Waals surface area contributed by atoms with Gasteiger partial charge in [-0.3, -0.25) is 10.1 Å². The van der Waals surface area contributed by atoms with Crippen molar-refractivity contribution in [3.8, 4) is 0 Å². The second-order valence-electron chi connectivity index (χ2n) is 6.68. The normalized spacial score (nSPS) is 19.5. The third-order valence-electron chi connectivity index (χ3n) is 4.87. The fourth-order valence-corrected chi connectivity index (χ4v) is 4.61. The maximum absolute atomic E-state index is 12.7. The summed E-state index contributed by atoms with van der Waals surface area (Å²) in [4.78, 5) is 10.2. The molecule has 0 amide bonds. The molecule has 0 N–H and O–H groups in total. The summed E-state index contributed by atoms with van der Waals surface area (Å²) in [5.74, 6) is 1.76. The maximum Gasteiger partial charge on any atom is 0.269 e. The van der Waals surface area contributed by atoms with Crippen molar-refractivity contribution in [1.29, 1.82) is 0 Å². The molecule has 0 radical (unpaired) electrons. The second-order valence-corrected chi connectivity index (χ2v) is 8.62. The van der Waals surface area contributed by atoms with Gasteiger partial charge in [0.25, 0.3) is 5.69 Å². The summed E-state index contributed by atoms with van der Waals surface area (Å²) in [5.41, 5.74) is -0.134. The van der Waals surface area contributed by atoms with E-state index in [1.54, 1.807) is 0 Å². The first kappa shape index (κ1) is 17.1. The zero-order valence-electron chi connectivity index (χ0n) is 13.9. The molecule has 2 fully saturated rings. The van der Waals surface area contributed by atoms with Crippen LogP contribution < -0.4 is 0 Å². The maximum atomic E-state index is 12.7. The molecule has 1 aliphatic heterocycles. The Morgan fingerprint density at radius 2 is 1.54 bits per heavy atom. The van der Waals surface area contributed by atoms with Crippen molar-refractivity contribution < 1.29 is 17.8 Å². The van der Waals surface area contributed by atoms with Crippen LogP contribution in [-0.4, -0.2) is 40.9 Å². The second kappa shape index (κ2) is 6.44. The van der Waals surface area contributed by atoms with E-state index in [0.717, 1.165) is 12.8 Å². The minimum Gasteiger partial charge on any atom is -0.425 e. The lowest BCUT2D eigenvalue weighted by Gasteiger charge is -2.29. The smallest absolute Gasteiger partial charge is 0.269 e. The third kappa shape index (κ3) is 3.21. The molecule has 1 aliphatic carbocycles. The van der Waals surface area contributed by atoms with Gasteiger partial charge in [0, 0.05) is 37.1 Å². The quantitative estimate of drug-likeness (QED) is 0.579. The Balaban J connectivity index is 1.43. The van der Waals surface area contributed by atoms with Crippen LogP contribution in [0.4, 0.5) is 5.69 Å². The summed E-state index contributed by atoms with van der Waals surface area (Å²) in [7, 11) is -3.66. The summed E-state index contributed by atoms with van der Waals surface area (Å²) in [6, 6.07) is 4.97. The Kier molecular flexibility index (Phi) is 4.23. The first-order chi connectivity index (χ1) is 12.4. The van der Waals surface area contributed by atoms with Crippen LogP contribution in [0.1, 0.15) is 49.3 Å². The first-order valence-corrected chi connectivity index (χ1v) is 9.97. The Labute approximate surface area is 150 Å². The van der Waals surface area contributed by atoms with Crippen molar-refractivity contribution >= 4 is 15.7 Å². The largest absolute Gasteiger partial charge is 0.425 e. The highest BCUT2D eigenvalue weighted by Gasteiger charge is 2.34. The molecule has 1 aromatic heterocycles. The molecular weight excluding hydrogens is 360 g/mol. The summed E-state index contributed by atoms with van der Waals surface area (Å²) in [6.07, 6.45) is 3.40. The van der Waals surface area contributed by atoms with Gasteiger partial charge >= 0.3 is 0 Å². The average molecular weight is 378 g/mol. The molecular formula is C16H18N4O5S. The molecule has 1 aromatic carbocycles. The number of hydrogen-bond donors (Lipinski definition) is 0. The Bertz CT molecular complexity index is 912. The number of nitro benzene ring substituents is 1. The number of nitro groups is 1. The van der Waals surface area contributed by atoms with Crippen LogP contribution in [0.5, 0.6) is 0 Å². The highest BCUT2D eigenvalue weighted by molar-refractivity contribution is 7.89. The zero-order chi connectivity index (χ0) is 18.3. The van der Waals surface area contributed by atoms with Crippen molar-refractivity contribution in [2.75, 3.05) is 13.1 Å². The zero-order valence-corrected chi connectivity index (χ0v) is 14.8.